The second-order valence-corrected chi connectivity index (χ2v) is 4.82. The van der Waals surface area contributed by atoms with E-state index in [4.69, 9.17) is 14.6 Å². The van der Waals surface area contributed by atoms with Gasteiger partial charge >= 0.3 is 0 Å². The SMILES string of the molecule is CC(C)CC1(OCCOCCO)CCC1. The van der Waals surface area contributed by atoms with Gasteiger partial charge in [-0.25, -0.2) is 0 Å². The highest BCUT2D eigenvalue weighted by atomic mass is 16.5. The second kappa shape index (κ2) is 6.46. The minimum absolute atomic E-state index is 0.0944. The molecule has 3 nitrogen and oxygen atoms in total. The lowest BCUT2D eigenvalue weighted by atomic mass is 9.75. The van der Waals surface area contributed by atoms with Gasteiger partial charge in [-0.3, -0.25) is 0 Å². The molecule has 0 saturated heterocycles. The molecule has 0 amide bonds. The lowest BCUT2D eigenvalue weighted by Gasteiger charge is -2.43. The molecule has 1 aliphatic rings. The molecule has 3 heteroatoms. The van der Waals surface area contributed by atoms with E-state index in [2.05, 4.69) is 13.8 Å². The van der Waals surface area contributed by atoms with Crippen LogP contribution in [0, 0.1) is 5.92 Å². The van der Waals surface area contributed by atoms with Crippen LogP contribution >= 0.6 is 0 Å². The fourth-order valence-corrected chi connectivity index (χ4v) is 2.21. The molecule has 1 rings (SSSR count). The van der Waals surface area contributed by atoms with Crippen LogP contribution in [0.1, 0.15) is 39.5 Å². The standard InChI is InChI=1S/C12H24O3/c1-11(2)10-12(4-3-5-12)15-9-8-14-7-6-13/h11,13H,3-10H2,1-2H3. The van der Waals surface area contributed by atoms with Crippen LogP contribution in [0.25, 0.3) is 0 Å². The lowest BCUT2D eigenvalue weighted by Crippen LogP contribution is -2.42. The van der Waals surface area contributed by atoms with Gasteiger partial charge in [-0.05, 0) is 31.6 Å². The van der Waals surface area contributed by atoms with E-state index in [1.54, 1.807) is 0 Å². The third kappa shape index (κ3) is 4.49. The molecule has 1 fully saturated rings. The third-order valence-corrected chi connectivity index (χ3v) is 2.92. The van der Waals surface area contributed by atoms with E-state index in [1.165, 1.54) is 19.3 Å². The van der Waals surface area contributed by atoms with Crippen LogP contribution in [0.3, 0.4) is 0 Å². The molecule has 15 heavy (non-hydrogen) atoms. The van der Waals surface area contributed by atoms with Crippen molar-refractivity contribution >= 4 is 0 Å². The summed E-state index contributed by atoms with van der Waals surface area (Å²) in [6, 6.07) is 0. The molecule has 1 aliphatic carbocycles. The number of hydrogen-bond donors (Lipinski definition) is 1. The van der Waals surface area contributed by atoms with E-state index >= 15 is 0 Å². The predicted molar refractivity (Wildman–Crippen MR) is 59.9 cm³/mol. The van der Waals surface area contributed by atoms with Gasteiger partial charge in [-0.1, -0.05) is 13.8 Å². The highest BCUT2D eigenvalue weighted by Gasteiger charge is 2.38. The van der Waals surface area contributed by atoms with E-state index in [1.807, 2.05) is 0 Å². The van der Waals surface area contributed by atoms with Crippen LogP contribution in [0.4, 0.5) is 0 Å². The molecule has 0 spiro atoms. The topological polar surface area (TPSA) is 38.7 Å². The number of ether oxygens (including phenoxy) is 2. The molecule has 1 saturated carbocycles. The number of aliphatic hydroxyl groups is 1. The number of rotatable bonds is 8. The summed E-state index contributed by atoms with van der Waals surface area (Å²) < 4.78 is 11.1. The van der Waals surface area contributed by atoms with Gasteiger partial charge < -0.3 is 14.6 Å². The van der Waals surface area contributed by atoms with E-state index < -0.39 is 0 Å². The number of hydrogen-bond acceptors (Lipinski definition) is 3. The van der Waals surface area contributed by atoms with Crippen LogP contribution in [-0.2, 0) is 9.47 Å². The molecule has 0 radical (unpaired) electrons. The summed E-state index contributed by atoms with van der Waals surface area (Å²) in [6.45, 7) is 6.25. The first kappa shape index (κ1) is 12.9. The van der Waals surface area contributed by atoms with Crippen LogP contribution in [0.15, 0.2) is 0 Å². The van der Waals surface area contributed by atoms with Crippen molar-refractivity contribution in [3.05, 3.63) is 0 Å². The van der Waals surface area contributed by atoms with Gasteiger partial charge in [0, 0.05) is 0 Å². The molecule has 0 aromatic carbocycles. The van der Waals surface area contributed by atoms with Crippen molar-refractivity contribution in [1.29, 1.82) is 0 Å². The number of aliphatic hydroxyl groups excluding tert-OH is 1. The van der Waals surface area contributed by atoms with Crippen molar-refractivity contribution in [3.8, 4) is 0 Å². The maximum Gasteiger partial charge on any atom is 0.0708 e. The minimum Gasteiger partial charge on any atom is -0.394 e. The van der Waals surface area contributed by atoms with Crippen molar-refractivity contribution in [1.82, 2.24) is 0 Å². The third-order valence-electron chi connectivity index (χ3n) is 2.92. The van der Waals surface area contributed by atoms with E-state index in [-0.39, 0.29) is 12.2 Å². The van der Waals surface area contributed by atoms with Gasteiger partial charge in [0.15, 0.2) is 0 Å². The van der Waals surface area contributed by atoms with Crippen molar-refractivity contribution in [2.24, 2.45) is 5.92 Å². The van der Waals surface area contributed by atoms with Gasteiger partial charge in [0.2, 0.25) is 0 Å². The van der Waals surface area contributed by atoms with Gasteiger partial charge in [-0.2, -0.15) is 0 Å². The first-order valence-electron chi connectivity index (χ1n) is 6.01. The lowest BCUT2D eigenvalue weighted by molar-refractivity contribution is -0.125. The molecule has 90 valence electrons. The Bertz CT molecular complexity index is 164. The van der Waals surface area contributed by atoms with Crippen LogP contribution in [0.2, 0.25) is 0 Å². The molecular weight excluding hydrogens is 192 g/mol. The highest BCUT2D eigenvalue weighted by molar-refractivity contribution is 4.90. The summed E-state index contributed by atoms with van der Waals surface area (Å²) in [7, 11) is 0. The van der Waals surface area contributed by atoms with Gasteiger partial charge in [0.1, 0.15) is 0 Å². The Morgan fingerprint density at radius 2 is 1.93 bits per heavy atom. The average molecular weight is 216 g/mol. The van der Waals surface area contributed by atoms with Gasteiger partial charge in [0.25, 0.3) is 0 Å². The second-order valence-electron chi connectivity index (χ2n) is 4.82. The van der Waals surface area contributed by atoms with Crippen LogP contribution in [-0.4, -0.2) is 37.1 Å². The molecule has 0 aromatic heterocycles. The quantitative estimate of drug-likeness (QED) is 0.631. The van der Waals surface area contributed by atoms with Crippen LogP contribution < -0.4 is 0 Å². The van der Waals surface area contributed by atoms with Crippen molar-refractivity contribution in [2.45, 2.75) is 45.1 Å². The molecule has 0 atom stereocenters. The predicted octanol–water partition coefficient (Wildman–Crippen LogP) is 1.98. The van der Waals surface area contributed by atoms with Crippen LogP contribution in [0.5, 0.6) is 0 Å². The van der Waals surface area contributed by atoms with E-state index in [0.717, 1.165) is 6.42 Å². The Hall–Kier alpha value is -0.120. The smallest absolute Gasteiger partial charge is 0.0708 e. The summed E-state index contributed by atoms with van der Waals surface area (Å²) in [4.78, 5) is 0. The maximum absolute atomic E-state index is 8.54. The molecule has 1 N–H and O–H groups in total. The first-order chi connectivity index (χ1) is 7.18. The largest absolute Gasteiger partial charge is 0.394 e. The van der Waals surface area contributed by atoms with Crippen molar-refractivity contribution in [2.75, 3.05) is 26.4 Å². The Morgan fingerprint density at radius 3 is 2.40 bits per heavy atom. The Morgan fingerprint density at radius 1 is 1.20 bits per heavy atom. The van der Waals surface area contributed by atoms with E-state index in [0.29, 0.717) is 25.7 Å². The molecule has 0 aromatic rings. The molecule has 0 bridgehead atoms. The monoisotopic (exact) mass is 216 g/mol. The summed E-state index contributed by atoms with van der Waals surface area (Å²) in [6.07, 6.45) is 4.85. The zero-order chi connectivity index (χ0) is 11.1. The molecular formula is C12H24O3. The zero-order valence-electron chi connectivity index (χ0n) is 10.00. The Labute approximate surface area is 92.8 Å². The molecule has 0 aliphatic heterocycles. The summed E-state index contributed by atoms with van der Waals surface area (Å²) in [5, 5.41) is 8.54. The molecule has 0 heterocycles. The normalized spacial score (nSPS) is 19.2. The Kier molecular flexibility index (Phi) is 5.58. The zero-order valence-corrected chi connectivity index (χ0v) is 10.00. The summed E-state index contributed by atoms with van der Waals surface area (Å²) in [5.41, 5.74) is 0.150. The average Bonchev–Trinajstić information content (AvgIpc) is 2.12. The summed E-state index contributed by atoms with van der Waals surface area (Å²) >= 11 is 0. The maximum atomic E-state index is 8.54. The van der Waals surface area contributed by atoms with Crippen molar-refractivity contribution < 1.29 is 14.6 Å². The van der Waals surface area contributed by atoms with Gasteiger partial charge in [-0.15, -0.1) is 0 Å². The fraction of sp³-hybridized carbons (Fsp3) is 1.00. The minimum atomic E-state index is 0.0944. The molecule has 0 unspecified atom stereocenters. The summed E-state index contributed by atoms with van der Waals surface area (Å²) in [5.74, 6) is 0.698. The Balaban J connectivity index is 2.11. The first-order valence-corrected chi connectivity index (χ1v) is 6.01. The van der Waals surface area contributed by atoms with Gasteiger partial charge in [0.05, 0.1) is 32.0 Å². The van der Waals surface area contributed by atoms with Crippen molar-refractivity contribution in [3.63, 3.8) is 0 Å². The highest BCUT2D eigenvalue weighted by Crippen LogP contribution is 2.40. The van der Waals surface area contributed by atoms with E-state index in [9.17, 15) is 0 Å². The fourth-order valence-electron chi connectivity index (χ4n) is 2.21.